The number of benzene rings is 1. The molecule has 8 heteroatoms. The smallest absolute Gasteiger partial charge is 0.419 e. The van der Waals surface area contributed by atoms with Crippen LogP contribution in [0.3, 0.4) is 0 Å². The predicted octanol–water partition coefficient (Wildman–Crippen LogP) is 3.23. The molecule has 23 heavy (non-hydrogen) atoms. The van der Waals surface area contributed by atoms with Crippen LogP contribution < -0.4 is 0 Å². The number of alkyl halides is 3. The Hall–Kier alpha value is -3.08. The number of rotatable bonds is 1. The fraction of sp³-hybridized carbons (Fsp3) is 0.133. The van der Waals surface area contributed by atoms with Crippen molar-refractivity contribution in [3.05, 3.63) is 41.9 Å². The van der Waals surface area contributed by atoms with Crippen molar-refractivity contribution in [3.63, 3.8) is 0 Å². The summed E-state index contributed by atoms with van der Waals surface area (Å²) in [5.41, 5.74) is -0.368. The molecule has 0 saturated heterocycles. The van der Waals surface area contributed by atoms with Crippen LogP contribution >= 0.6 is 0 Å². The van der Waals surface area contributed by atoms with Crippen molar-refractivity contribution in [1.29, 1.82) is 5.26 Å². The van der Waals surface area contributed by atoms with Crippen LogP contribution in [-0.4, -0.2) is 19.6 Å². The van der Waals surface area contributed by atoms with E-state index >= 15 is 0 Å². The molecule has 1 aromatic carbocycles. The first-order valence-electron chi connectivity index (χ1n) is 6.45. The lowest BCUT2D eigenvalue weighted by atomic mass is 10.0. The van der Waals surface area contributed by atoms with Gasteiger partial charge in [-0.2, -0.15) is 18.4 Å². The lowest BCUT2D eigenvalue weighted by Gasteiger charge is -2.11. The topological polar surface area (TPSA) is 74.7 Å². The molecule has 0 radical (unpaired) electrons. The van der Waals surface area contributed by atoms with Crippen LogP contribution in [0.1, 0.15) is 11.4 Å². The fourth-order valence-electron chi connectivity index (χ4n) is 2.32. The minimum absolute atomic E-state index is 0.143. The molecule has 0 bridgehead atoms. The van der Waals surface area contributed by atoms with Gasteiger partial charge in [0.1, 0.15) is 17.5 Å². The molecule has 0 unspecified atom stereocenters. The van der Waals surface area contributed by atoms with Gasteiger partial charge in [0.15, 0.2) is 0 Å². The summed E-state index contributed by atoms with van der Waals surface area (Å²) in [6.07, 6.45) is -3.02. The molecular weight excluding hydrogens is 309 g/mol. The summed E-state index contributed by atoms with van der Waals surface area (Å²) in [4.78, 5) is 8.07. The third-order valence-corrected chi connectivity index (χ3v) is 3.40. The van der Waals surface area contributed by atoms with E-state index in [0.29, 0.717) is 11.0 Å². The minimum Gasteiger partial charge on any atom is -0.507 e. The summed E-state index contributed by atoms with van der Waals surface area (Å²) in [7, 11) is 1.71. The Bertz CT molecular complexity index is 954. The van der Waals surface area contributed by atoms with Crippen LogP contribution in [0.4, 0.5) is 13.2 Å². The van der Waals surface area contributed by atoms with Crippen molar-refractivity contribution in [2.45, 2.75) is 6.18 Å². The third-order valence-electron chi connectivity index (χ3n) is 3.40. The largest absolute Gasteiger partial charge is 0.507 e. The average Bonchev–Trinajstić information content (AvgIpc) is 2.87. The number of nitriles is 1. The number of phenolic OH excluding ortho intramolecular Hbond substituents is 1. The van der Waals surface area contributed by atoms with Crippen LogP contribution in [0.25, 0.3) is 22.3 Å². The van der Waals surface area contributed by atoms with Gasteiger partial charge in [0.2, 0.25) is 5.82 Å². The van der Waals surface area contributed by atoms with Gasteiger partial charge in [-0.1, -0.05) is 0 Å². The highest BCUT2D eigenvalue weighted by molar-refractivity contribution is 5.91. The van der Waals surface area contributed by atoms with Gasteiger partial charge in [-0.3, -0.25) is 0 Å². The summed E-state index contributed by atoms with van der Waals surface area (Å²) < 4.78 is 40.5. The van der Waals surface area contributed by atoms with Crippen molar-refractivity contribution in [2.24, 2.45) is 7.05 Å². The molecule has 0 spiro atoms. The maximum atomic E-state index is 13.0. The standard InChI is InChI=1S/C15H9F3N4O/c1-22-5-4-9-13(20-12(7-19)21-14(9)22)8-2-3-11(23)10(6-8)15(16,17)18/h2-6,23H,1H3. The quantitative estimate of drug-likeness (QED) is 0.747. The summed E-state index contributed by atoms with van der Waals surface area (Å²) in [6.45, 7) is 0. The Balaban J connectivity index is 2.31. The van der Waals surface area contributed by atoms with E-state index in [2.05, 4.69) is 9.97 Å². The fourth-order valence-corrected chi connectivity index (χ4v) is 2.32. The normalized spacial score (nSPS) is 11.6. The van der Waals surface area contributed by atoms with Crippen molar-refractivity contribution in [3.8, 4) is 23.1 Å². The van der Waals surface area contributed by atoms with Crippen molar-refractivity contribution in [2.75, 3.05) is 0 Å². The van der Waals surface area contributed by atoms with Gasteiger partial charge in [-0.05, 0) is 24.3 Å². The van der Waals surface area contributed by atoms with E-state index in [4.69, 9.17) is 5.26 Å². The monoisotopic (exact) mass is 318 g/mol. The molecule has 3 rings (SSSR count). The second-order valence-electron chi connectivity index (χ2n) is 4.90. The van der Waals surface area contributed by atoms with E-state index < -0.39 is 17.5 Å². The molecule has 0 amide bonds. The first kappa shape index (κ1) is 14.8. The van der Waals surface area contributed by atoms with Crippen LogP contribution in [0.5, 0.6) is 5.75 Å². The molecule has 0 aliphatic carbocycles. The molecule has 2 heterocycles. The second kappa shape index (κ2) is 4.98. The van der Waals surface area contributed by atoms with E-state index in [1.165, 1.54) is 6.07 Å². The van der Waals surface area contributed by atoms with Crippen LogP contribution in [0.2, 0.25) is 0 Å². The second-order valence-corrected chi connectivity index (χ2v) is 4.90. The zero-order valence-corrected chi connectivity index (χ0v) is 11.8. The van der Waals surface area contributed by atoms with Gasteiger partial charge >= 0.3 is 6.18 Å². The first-order valence-corrected chi connectivity index (χ1v) is 6.45. The molecule has 0 saturated carbocycles. The van der Waals surface area contributed by atoms with E-state index in [9.17, 15) is 18.3 Å². The lowest BCUT2D eigenvalue weighted by Crippen LogP contribution is -2.06. The molecular formula is C15H9F3N4O. The zero-order valence-electron chi connectivity index (χ0n) is 11.8. The number of aromatic nitrogens is 3. The van der Waals surface area contributed by atoms with Gasteiger partial charge in [0.05, 0.1) is 11.3 Å². The molecule has 0 aliphatic heterocycles. The molecule has 2 aromatic heterocycles. The van der Waals surface area contributed by atoms with Gasteiger partial charge in [0, 0.05) is 24.2 Å². The van der Waals surface area contributed by atoms with Crippen LogP contribution in [0, 0.1) is 11.3 Å². The summed E-state index contributed by atoms with van der Waals surface area (Å²) >= 11 is 0. The van der Waals surface area contributed by atoms with Gasteiger partial charge in [-0.25, -0.2) is 9.97 Å². The SMILES string of the molecule is Cn1ccc2c(-c3ccc(O)c(C(F)(F)F)c3)nc(C#N)nc21. The molecule has 3 aromatic rings. The van der Waals surface area contributed by atoms with Crippen molar-refractivity contribution in [1.82, 2.24) is 14.5 Å². The first-order chi connectivity index (χ1) is 10.8. The lowest BCUT2D eigenvalue weighted by molar-refractivity contribution is -0.138. The zero-order chi connectivity index (χ0) is 16.8. The van der Waals surface area contributed by atoms with Gasteiger partial charge < -0.3 is 9.67 Å². The highest BCUT2D eigenvalue weighted by atomic mass is 19.4. The maximum Gasteiger partial charge on any atom is 0.419 e. The molecule has 1 N–H and O–H groups in total. The number of aromatic hydroxyl groups is 1. The molecule has 116 valence electrons. The van der Waals surface area contributed by atoms with Crippen LogP contribution in [0.15, 0.2) is 30.5 Å². The van der Waals surface area contributed by atoms with Crippen molar-refractivity contribution >= 4 is 11.0 Å². The number of hydrogen-bond acceptors (Lipinski definition) is 4. The minimum atomic E-state index is -4.69. The number of halogens is 3. The van der Waals surface area contributed by atoms with Crippen molar-refractivity contribution < 1.29 is 18.3 Å². The van der Waals surface area contributed by atoms with E-state index in [1.54, 1.807) is 29.9 Å². The van der Waals surface area contributed by atoms with Gasteiger partial charge in [-0.15, -0.1) is 0 Å². The Labute approximate surface area is 128 Å². The summed E-state index contributed by atoms with van der Waals surface area (Å²) in [6, 6.07) is 6.54. The van der Waals surface area contributed by atoms with Gasteiger partial charge in [0.25, 0.3) is 0 Å². The Morgan fingerprint density at radius 1 is 1.22 bits per heavy atom. The van der Waals surface area contributed by atoms with E-state index in [1.807, 2.05) is 0 Å². The predicted molar refractivity (Wildman–Crippen MR) is 75.3 cm³/mol. The number of nitrogens with zero attached hydrogens (tertiary/aromatic N) is 4. The Kier molecular flexibility index (Phi) is 3.21. The number of hydrogen-bond donors (Lipinski definition) is 1. The molecule has 0 atom stereocenters. The molecule has 5 nitrogen and oxygen atoms in total. The molecule has 0 aliphatic rings. The highest BCUT2D eigenvalue weighted by Gasteiger charge is 2.34. The average molecular weight is 318 g/mol. The Morgan fingerprint density at radius 2 is 1.96 bits per heavy atom. The highest BCUT2D eigenvalue weighted by Crippen LogP contribution is 2.38. The number of phenols is 1. The third kappa shape index (κ3) is 2.46. The van der Waals surface area contributed by atoms with E-state index in [0.717, 1.165) is 12.1 Å². The van der Waals surface area contributed by atoms with E-state index in [-0.39, 0.29) is 17.1 Å². The number of fused-ring (bicyclic) bond motifs is 1. The maximum absolute atomic E-state index is 13.0. The number of aryl methyl sites for hydroxylation is 1. The summed E-state index contributed by atoms with van der Waals surface area (Å²) in [5, 5.41) is 19.0. The Morgan fingerprint density at radius 3 is 2.61 bits per heavy atom. The summed E-state index contributed by atoms with van der Waals surface area (Å²) in [5.74, 6) is -1.00. The molecule has 0 fully saturated rings. The van der Waals surface area contributed by atoms with Crippen LogP contribution in [-0.2, 0) is 13.2 Å².